The summed E-state index contributed by atoms with van der Waals surface area (Å²) in [5.74, 6) is 0.655. The number of anilines is 1. The fourth-order valence-electron chi connectivity index (χ4n) is 3.91. The molecular formula is C24H31N3O3. The molecule has 3 rings (SSSR count). The van der Waals surface area contributed by atoms with Crippen LogP contribution in [0.3, 0.4) is 0 Å². The number of benzene rings is 2. The fourth-order valence-corrected chi connectivity index (χ4v) is 3.91. The minimum absolute atomic E-state index is 0.0604. The number of nitrogens with zero attached hydrogens (tertiary/aromatic N) is 2. The molecule has 0 radical (unpaired) electrons. The summed E-state index contributed by atoms with van der Waals surface area (Å²) in [5.41, 5.74) is 4.72. The highest BCUT2D eigenvalue weighted by molar-refractivity contribution is 5.79. The molecule has 1 atom stereocenters. The molecule has 0 aromatic heterocycles. The largest absolute Gasteiger partial charge is 0.497 e. The number of hydrogen-bond acceptors (Lipinski definition) is 4. The lowest BCUT2D eigenvalue weighted by Gasteiger charge is -2.37. The summed E-state index contributed by atoms with van der Waals surface area (Å²) >= 11 is 0. The van der Waals surface area contributed by atoms with E-state index in [0.29, 0.717) is 13.1 Å². The number of piperazine rings is 1. The van der Waals surface area contributed by atoms with E-state index in [1.807, 2.05) is 29.2 Å². The van der Waals surface area contributed by atoms with Gasteiger partial charge in [0.1, 0.15) is 5.75 Å². The Labute approximate surface area is 178 Å². The standard InChI is InChI=1S/C24H31N3O3/c1-17-6-5-7-23(18(17)2)26-12-14-27(15-13-26)24(29)16-22(25-19(3)28)20-8-10-21(30-4)11-9-20/h5-11,22H,12-16H2,1-4H3,(H,25,28). The molecule has 2 aromatic rings. The van der Waals surface area contributed by atoms with Crippen LogP contribution in [0, 0.1) is 13.8 Å². The van der Waals surface area contributed by atoms with Crippen LogP contribution in [0.15, 0.2) is 42.5 Å². The molecule has 160 valence electrons. The minimum Gasteiger partial charge on any atom is -0.497 e. The van der Waals surface area contributed by atoms with Crippen LogP contribution in [0.1, 0.15) is 36.1 Å². The molecule has 6 nitrogen and oxygen atoms in total. The van der Waals surface area contributed by atoms with Crippen LogP contribution in [0.25, 0.3) is 0 Å². The van der Waals surface area contributed by atoms with Crippen molar-refractivity contribution in [3.05, 3.63) is 59.2 Å². The molecule has 1 aliphatic rings. The Balaban J connectivity index is 1.63. The van der Waals surface area contributed by atoms with E-state index in [4.69, 9.17) is 4.74 Å². The zero-order valence-electron chi connectivity index (χ0n) is 18.3. The van der Waals surface area contributed by atoms with Gasteiger partial charge in [-0.15, -0.1) is 0 Å². The topological polar surface area (TPSA) is 61.9 Å². The molecule has 1 unspecified atom stereocenters. The maximum Gasteiger partial charge on any atom is 0.225 e. The lowest BCUT2D eigenvalue weighted by atomic mass is 10.0. The zero-order chi connectivity index (χ0) is 21.7. The average molecular weight is 410 g/mol. The summed E-state index contributed by atoms with van der Waals surface area (Å²) in [6.45, 7) is 8.73. The Hall–Kier alpha value is -3.02. The Bertz CT molecular complexity index is 887. The third-order valence-corrected chi connectivity index (χ3v) is 5.82. The van der Waals surface area contributed by atoms with Gasteiger partial charge in [-0.25, -0.2) is 0 Å². The van der Waals surface area contributed by atoms with E-state index in [-0.39, 0.29) is 24.3 Å². The van der Waals surface area contributed by atoms with Crippen LogP contribution in [0.2, 0.25) is 0 Å². The van der Waals surface area contributed by atoms with Gasteiger partial charge in [0.25, 0.3) is 0 Å². The normalized spacial score (nSPS) is 14.9. The van der Waals surface area contributed by atoms with Crippen molar-refractivity contribution in [1.29, 1.82) is 0 Å². The molecule has 0 aliphatic carbocycles. The van der Waals surface area contributed by atoms with Gasteiger partial charge in [0, 0.05) is 38.8 Å². The number of ether oxygens (including phenoxy) is 1. The maximum absolute atomic E-state index is 13.0. The second-order valence-corrected chi connectivity index (χ2v) is 7.82. The van der Waals surface area contributed by atoms with E-state index < -0.39 is 0 Å². The van der Waals surface area contributed by atoms with Crippen molar-refractivity contribution >= 4 is 17.5 Å². The van der Waals surface area contributed by atoms with Gasteiger partial charge in [0.05, 0.1) is 19.6 Å². The maximum atomic E-state index is 13.0. The van der Waals surface area contributed by atoms with Gasteiger partial charge in [-0.3, -0.25) is 9.59 Å². The Kier molecular flexibility index (Phi) is 6.98. The molecule has 0 spiro atoms. The Morgan fingerprint density at radius 1 is 1.03 bits per heavy atom. The molecule has 1 aliphatic heterocycles. The summed E-state index contributed by atoms with van der Waals surface area (Å²) in [5, 5.41) is 2.91. The third kappa shape index (κ3) is 5.12. The van der Waals surface area contributed by atoms with E-state index in [1.54, 1.807) is 7.11 Å². The monoisotopic (exact) mass is 409 g/mol. The van der Waals surface area contributed by atoms with E-state index >= 15 is 0 Å². The molecule has 0 bridgehead atoms. The predicted molar refractivity (Wildman–Crippen MR) is 119 cm³/mol. The van der Waals surface area contributed by atoms with Crippen LogP contribution < -0.4 is 15.0 Å². The molecule has 2 amide bonds. The average Bonchev–Trinajstić information content (AvgIpc) is 2.75. The van der Waals surface area contributed by atoms with Crippen molar-refractivity contribution in [2.45, 2.75) is 33.2 Å². The van der Waals surface area contributed by atoms with E-state index in [1.165, 1.54) is 23.7 Å². The molecule has 1 saturated heterocycles. The van der Waals surface area contributed by atoms with Crippen molar-refractivity contribution in [3.8, 4) is 5.75 Å². The molecule has 1 heterocycles. The van der Waals surface area contributed by atoms with Gasteiger partial charge in [-0.1, -0.05) is 24.3 Å². The van der Waals surface area contributed by atoms with E-state index in [0.717, 1.165) is 24.4 Å². The number of nitrogens with one attached hydrogen (secondary N) is 1. The van der Waals surface area contributed by atoms with Gasteiger partial charge in [0.15, 0.2) is 0 Å². The van der Waals surface area contributed by atoms with Crippen LogP contribution in [0.4, 0.5) is 5.69 Å². The molecule has 30 heavy (non-hydrogen) atoms. The summed E-state index contributed by atoms with van der Waals surface area (Å²) in [6, 6.07) is 13.5. The Morgan fingerprint density at radius 3 is 2.30 bits per heavy atom. The zero-order valence-corrected chi connectivity index (χ0v) is 18.3. The molecule has 0 saturated carbocycles. The quantitative estimate of drug-likeness (QED) is 0.796. The highest BCUT2D eigenvalue weighted by Crippen LogP contribution is 2.25. The van der Waals surface area contributed by atoms with Gasteiger partial charge < -0.3 is 19.9 Å². The van der Waals surface area contributed by atoms with Crippen molar-refractivity contribution in [2.75, 3.05) is 38.2 Å². The second kappa shape index (κ2) is 9.65. The summed E-state index contributed by atoms with van der Waals surface area (Å²) in [4.78, 5) is 28.9. The first-order valence-corrected chi connectivity index (χ1v) is 10.4. The highest BCUT2D eigenvalue weighted by atomic mass is 16.5. The van der Waals surface area contributed by atoms with Gasteiger partial charge >= 0.3 is 0 Å². The fraction of sp³-hybridized carbons (Fsp3) is 0.417. The van der Waals surface area contributed by atoms with Crippen molar-refractivity contribution in [3.63, 3.8) is 0 Å². The summed E-state index contributed by atoms with van der Waals surface area (Å²) < 4.78 is 5.20. The number of rotatable bonds is 6. The highest BCUT2D eigenvalue weighted by Gasteiger charge is 2.25. The molecule has 2 aromatic carbocycles. The number of methoxy groups -OCH3 is 1. The SMILES string of the molecule is COc1ccc(C(CC(=O)N2CCN(c3cccc(C)c3C)CC2)NC(C)=O)cc1. The molecule has 6 heteroatoms. The smallest absolute Gasteiger partial charge is 0.225 e. The summed E-state index contributed by atoms with van der Waals surface area (Å²) in [7, 11) is 1.61. The van der Waals surface area contributed by atoms with Gasteiger partial charge in [-0.2, -0.15) is 0 Å². The summed E-state index contributed by atoms with van der Waals surface area (Å²) in [6.07, 6.45) is 0.245. The lowest BCUT2D eigenvalue weighted by molar-refractivity contribution is -0.132. The van der Waals surface area contributed by atoms with Crippen LogP contribution >= 0.6 is 0 Å². The van der Waals surface area contributed by atoms with Crippen molar-refractivity contribution in [1.82, 2.24) is 10.2 Å². The van der Waals surface area contributed by atoms with E-state index in [9.17, 15) is 9.59 Å². The molecule has 1 fully saturated rings. The number of carbonyl (C=O) groups excluding carboxylic acids is 2. The predicted octanol–water partition coefficient (Wildman–Crippen LogP) is 3.23. The molecule has 1 N–H and O–H groups in total. The van der Waals surface area contributed by atoms with Crippen LogP contribution in [0.5, 0.6) is 5.75 Å². The number of amides is 2. The molecular weight excluding hydrogens is 378 g/mol. The van der Waals surface area contributed by atoms with Crippen LogP contribution in [-0.2, 0) is 9.59 Å². The lowest BCUT2D eigenvalue weighted by Crippen LogP contribution is -2.49. The van der Waals surface area contributed by atoms with Crippen molar-refractivity contribution < 1.29 is 14.3 Å². The van der Waals surface area contributed by atoms with Crippen LogP contribution in [-0.4, -0.2) is 50.0 Å². The van der Waals surface area contributed by atoms with Crippen molar-refractivity contribution in [2.24, 2.45) is 0 Å². The number of carbonyl (C=O) groups is 2. The van der Waals surface area contributed by atoms with Gasteiger partial charge in [0.2, 0.25) is 11.8 Å². The first kappa shape index (κ1) is 21.7. The number of aryl methyl sites for hydroxylation is 1. The Morgan fingerprint density at radius 2 is 1.70 bits per heavy atom. The minimum atomic E-state index is -0.349. The van der Waals surface area contributed by atoms with Gasteiger partial charge in [-0.05, 0) is 48.7 Å². The van der Waals surface area contributed by atoms with E-state index in [2.05, 4.69) is 42.3 Å². The number of hydrogen-bond donors (Lipinski definition) is 1. The first-order valence-electron chi connectivity index (χ1n) is 10.4. The first-order chi connectivity index (χ1) is 14.4. The third-order valence-electron chi connectivity index (χ3n) is 5.82. The second-order valence-electron chi connectivity index (χ2n) is 7.82.